The van der Waals surface area contributed by atoms with Crippen molar-refractivity contribution in [3.05, 3.63) is 46.5 Å². The summed E-state index contributed by atoms with van der Waals surface area (Å²) in [6.45, 7) is 2.97. The summed E-state index contributed by atoms with van der Waals surface area (Å²) in [6.07, 6.45) is 5.98. The van der Waals surface area contributed by atoms with Crippen LogP contribution < -0.4 is 5.73 Å². The Kier molecular flexibility index (Phi) is 3.84. The molecule has 0 aliphatic carbocycles. The van der Waals surface area contributed by atoms with Gasteiger partial charge in [0.1, 0.15) is 5.82 Å². The first kappa shape index (κ1) is 12.2. The molecule has 0 fully saturated rings. The second kappa shape index (κ2) is 5.36. The summed E-state index contributed by atoms with van der Waals surface area (Å²) in [6, 6.07) is 5.95. The van der Waals surface area contributed by atoms with Gasteiger partial charge in [0.05, 0.1) is 0 Å². The van der Waals surface area contributed by atoms with E-state index in [4.69, 9.17) is 5.73 Å². The molecular formula is C13H16BrN3. The maximum absolute atomic E-state index is 5.87. The first-order valence-electron chi connectivity index (χ1n) is 5.75. The molecule has 0 radical (unpaired) electrons. The molecule has 0 saturated carbocycles. The van der Waals surface area contributed by atoms with E-state index in [1.165, 1.54) is 5.56 Å². The molecule has 2 rings (SSSR count). The number of aromatic nitrogens is 2. The summed E-state index contributed by atoms with van der Waals surface area (Å²) in [4.78, 5) is 4.37. The van der Waals surface area contributed by atoms with Crippen LogP contribution in [0.4, 0.5) is 5.69 Å². The molecule has 2 aromatic rings. The lowest BCUT2D eigenvalue weighted by molar-refractivity contribution is 0.704. The molecule has 4 heteroatoms. The van der Waals surface area contributed by atoms with Crippen molar-refractivity contribution >= 4 is 21.6 Å². The third-order valence-corrected chi connectivity index (χ3v) is 3.69. The van der Waals surface area contributed by atoms with Gasteiger partial charge in [0.25, 0.3) is 0 Å². The Balaban J connectivity index is 2.25. The monoisotopic (exact) mass is 293 g/mol. The van der Waals surface area contributed by atoms with Gasteiger partial charge in [0, 0.05) is 35.5 Å². The summed E-state index contributed by atoms with van der Waals surface area (Å²) < 4.78 is 3.15. The minimum atomic E-state index is 0.777. The van der Waals surface area contributed by atoms with Crippen molar-refractivity contribution in [2.75, 3.05) is 5.73 Å². The Labute approximate surface area is 110 Å². The highest BCUT2D eigenvalue weighted by molar-refractivity contribution is 9.10. The molecule has 90 valence electrons. The Morgan fingerprint density at radius 3 is 3.00 bits per heavy atom. The zero-order chi connectivity index (χ0) is 12.3. The normalized spacial score (nSPS) is 10.7. The summed E-state index contributed by atoms with van der Waals surface area (Å²) in [5.74, 6) is 1.13. The minimum Gasteiger partial charge on any atom is -0.398 e. The highest BCUT2D eigenvalue weighted by Crippen LogP contribution is 2.24. The van der Waals surface area contributed by atoms with Gasteiger partial charge in [0.2, 0.25) is 0 Å². The van der Waals surface area contributed by atoms with Crippen molar-refractivity contribution in [1.29, 1.82) is 0 Å². The number of hydrogen-bond acceptors (Lipinski definition) is 2. The molecule has 0 bridgehead atoms. The fourth-order valence-electron chi connectivity index (χ4n) is 1.84. The number of aryl methyl sites for hydroxylation is 1. The quantitative estimate of drug-likeness (QED) is 0.880. The maximum atomic E-state index is 5.87. The molecule has 1 aromatic carbocycles. The largest absolute Gasteiger partial charge is 0.398 e. The van der Waals surface area contributed by atoms with Crippen LogP contribution in [0.5, 0.6) is 0 Å². The number of nitrogens with two attached hydrogens (primary N) is 1. The Bertz CT molecular complexity index is 505. The van der Waals surface area contributed by atoms with Crippen LogP contribution in [0.3, 0.4) is 0 Å². The topological polar surface area (TPSA) is 43.8 Å². The maximum Gasteiger partial charge on any atom is 0.108 e. The predicted octanol–water partition coefficient (Wildman–Crippen LogP) is 3.23. The van der Waals surface area contributed by atoms with Gasteiger partial charge in [-0.05, 0) is 34.0 Å². The Morgan fingerprint density at radius 2 is 2.24 bits per heavy atom. The van der Waals surface area contributed by atoms with E-state index in [9.17, 15) is 0 Å². The number of rotatable bonds is 4. The molecule has 0 saturated heterocycles. The molecule has 17 heavy (non-hydrogen) atoms. The average Bonchev–Trinajstić information content (AvgIpc) is 2.73. The van der Waals surface area contributed by atoms with E-state index < -0.39 is 0 Å². The number of halogens is 1. The third kappa shape index (κ3) is 2.69. The van der Waals surface area contributed by atoms with Crippen LogP contribution >= 0.6 is 15.9 Å². The second-order valence-electron chi connectivity index (χ2n) is 4.04. The molecule has 0 unspecified atom stereocenters. The van der Waals surface area contributed by atoms with Crippen LogP contribution in [0.2, 0.25) is 0 Å². The van der Waals surface area contributed by atoms with Gasteiger partial charge >= 0.3 is 0 Å². The number of imidazole rings is 1. The summed E-state index contributed by atoms with van der Waals surface area (Å²) >= 11 is 3.53. The van der Waals surface area contributed by atoms with E-state index in [1.54, 1.807) is 0 Å². The number of nitrogen functional groups attached to an aromatic ring is 1. The van der Waals surface area contributed by atoms with Crippen LogP contribution in [0, 0.1) is 0 Å². The van der Waals surface area contributed by atoms with Crippen LogP contribution in [-0.2, 0) is 13.0 Å². The van der Waals surface area contributed by atoms with E-state index in [0.29, 0.717) is 0 Å². The number of nitrogens with zero attached hydrogens (tertiary/aromatic N) is 2. The fraction of sp³-hybridized carbons (Fsp3) is 0.308. The number of benzene rings is 1. The average molecular weight is 294 g/mol. The molecule has 1 heterocycles. The van der Waals surface area contributed by atoms with Crippen molar-refractivity contribution in [2.24, 2.45) is 0 Å². The summed E-state index contributed by atoms with van der Waals surface area (Å²) in [7, 11) is 0. The Hall–Kier alpha value is -1.29. The fourth-order valence-corrected chi connectivity index (χ4v) is 2.23. The SMILES string of the molecule is CCCc1nccn1Cc1cccc(N)c1Br. The molecule has 3 nitrogen and oxygen atoms in total. The van der Waals surface area contributed by atoms with E-state index >= 15 is 0 Å². The molecule has 0 aliphatic rings. The van der Waals surface area contributed by atoms with Gasteiger partial charge in [-0.3, -0.25) is 0 Å². The van der Waals surface area contributed by atoms with E-state index in [0.717, 1.165) is 35.4 Å². The molecule has 0 spiro atoms. The minimum absolute atomic E-state index is 0.777. The highest BCUT2D eigenvalue weighted by atomic mass is 79.9. The zero-order valence-corrected chi connectivity index (χ0v) is 11.4. The van der Waals surface area contributed by atoms with Crippen molar-refractivity contribution in [1.82, 2.24) is 9.55 Å². The van der Waals surface area contributed by atoms with Gasteiger partial charge in [-0.15, -0.1) is 0 Å². The van der Waals surface area contributed by atoms with Crippen LogP contribution in [-0.4, -0.2) is 9.55 Å². The molecule has 1 aromatic heterocycles. The van der Waals surface area contributed by atoms with E-state index in [1.807, 2.05) is 24.5 Å². The zero-order valence-electron chi connectivity index (χ0n) is 9.86. The van der Waals surface area contributed by atoms with Crippen LogP contribution in [0.1, 0.15) is 24.7 Å². The summed E-state index contributed by atoms with van der Waals surface area (Å²) in [5.41, 5.74) is 7.83. The van der Waals surface area contributed by atoms with Crippen molar-refractivity contribution in [2.45, 2.75) is 26.3 Å². The van der Waals surface area contributed by atoms with Gasteiger partial charge in [-0.2, -0.15) is 0 Å². The molecular weight excluding hydrogens is 278 g/mol. The van der Waals surface area contributed by atoms with Crippen molar-refractivity contribution in [3.63, 3.8) is 0 Å². The molecule has 0 aliphatic heterocycles. The number of hydrogen-bond donors (Lipinski definition) is 1. The molecule has 0 amide bonds. The van der Waals surface area contributed by atoms with Crippen molar-refractivity contribution < 1.29 is 0 Å². The van der Waals surface area contributed by atoms with Gasteiger partial charge in [-0.1, -0.05) is 19.1 Å². The predicted molar refractivity (Wildman–Crippen MR) is 73.9 cm³/mol. The first-order chi connectivity index (χ1) is 8.22. The van der Waals surface area contributed by atoms with Gasteiger partial charge in [-0.25, -0.2) is 4.98 Å². The summed E-state index contributed by atoms with van der Waals surface area (Å²) in [5, 5.41) is 0. The number of anilines is 1. The van der Waals surface area contributed by atoms with Gasteiger partial charge in [0.15, 0.2) is 0 Å². The standard InChI is InChI=1S/C13H16BrN3/c1-2-4-12-16-7-8-17(12)9-10-5-3-6-11(15)13(10)14/h3,5-8H,2,4,9,15H2,1H3. The van der Waals surface area contributed by atoms with Crippen LogP contribution in [0.15, 0.2) is 35.1 Å². The lowest BCUT2D eigenvalue weighted by atomic mass is 10.2. The van der Waals surface area contributed by atoms with E-state index in [-0.39, 0.29) is 0 Å². The molecule has 0 atom stereocenters. The second-order valence-corrected chi connectivity index (χ2v) is 4.83. The lowest BCUT2D eigenvalue weighted by Crippen LogP contribution is -2.05. The van der Waals surface area contributed by atoms with Gasteiger partial charge < -0.3 is 10.3 Å². The highest BCUT2D eigenvalue weighted by Gasteiger charge is 2.06. The Morgan fingerprint density at radius 1 is 1.41 bits per heavy atom. The first-order valence-corrected chi connectivity index (χ1v) is 6.54. The third-order valence-electron chi connectivity index (χ3n) is 2.72. The smallest absolute Gasteiger partial charge is 0.108 e. The lowest BCUT2D eigenvalue weighted by Gasteiger charge is -2.10. The van der Waals surface area contributed by atoms with E-state index in [2.05, 4.69) is 38.5 Å². The van der Waals surface area contributed by atoms with Crippen LogP contribution in [0.25, 0.3) is 0 Å². The van der Waals surface area contributed by atoms with Crippen molar-refractivity contribution in [3.8, 4) is 0 Å². The molecule has 2 N–H and O–H groups in total.